The molecule has 0 radical (unpaired) electrons. The van der Waals surface area contributed by atoms with E-state index >= 15 is 4.39 Å². The van der Waals surface area contributed by atoms with Crippen LogP contribution >= 0.6 is 0 Å². The van der Waals surface area contributed by atoms with Gasteiger partial charge in [0.15, 0.2) is 5.82 Å². The number of aliphatic hydroxyl groups is 1. The molecule has 0 amide bonds. The van der Waals surface area contributed by atoms with Crippen LogP contribution in [0.5, 0.6) is 0 Å². The van der Waals surface area contributed by atoms with Gasteiger partial charge < -0.3 is 19.9 Å². The lowest BCUT2D eigenvalue weighted by atomic mass is 10.0. The largest absolute Gasteiger partial charge is 0.423 e. The van der Waals surface area contributed by atoms with Crippen LogP contribution in [0.4, 0.5) is 42.2 Å². The van der Waals surface area contributed by atoms with Crippen molar-refractivity contribution in [2.24, 2.45) is 0 Å². The maximum absolute atomic E-state index is 15.3. The van der Waals surface area contributed by atoms with E-state index in [1.165, 1.54) is 34.7 Å². The maximum atomic E-state index is 15.3. The Morgan fingerprint density at radius 2 is 1.87 bits per heavy atom. The molecular formula is C28H26F7N7O3. The number of nitrogens with zero attached hydrogens (tertiary/aromatic N) is 5. The van der Waals surface area contributed by atoms with Crippen LogP contribution in [0.15, 0.2) is 46.4 Å². The van der Waals surface area contributed by atoms with E-state index in [1.54, 1.807) is 12.0 Å². The summed E-state index contributed by atoms with van der Waals surface area (Å²) in [6, 6.07) is 2.53. The van der Waals surface area contributed by atoms with Gasteiger partial charge in [0.2, 0.25) is 0 Å². The Bertz CT molecular complexity index is 1860. The van der Waals surface area contributed by atoms with Crippen LogP contribution in [0, 0.1) is 5.82 Å². The van der Waals surface area contributed by atoms with Gasteiger partial charge in [0.1, 0.15) is 22.8 Å². The zero-order chi connectivity index (χ0) is 32.8. The summed E-state index contributed by atoms with van der Waals surface area (Å²) in [5.41, 5.74) is -5.18. The summed E-state index contributed by atoms with van der Waals surface area (Å²) in [5, 5.41) is 17.9. The molecule has 0 spiro atoms. The number of nitrogens with one attached hydrogen (secondary N) is 2. The molecule has 1 aliphatic rings. The van der Waals surface area contributed by atoms with Crippen molar-refractivity contribution in [2.45, 2.75) is 63.8 Å². The Morgan fingerprint density at radius 1 is 1.13 bits per heavy atom. The molecule has 1 aliphatic heterocycles. The van der Waals surface area contributed by atoms with Crippen LogP contribution in [0.2, 0.25) is 0 Å². The highest BCUT2D eigenvalue weighted by Gasteiger charge is 2.43. The second kappa shape index (κ2) is 11.8. The average molecular weight is 642 g/mol. The van der Waals surface area contributed by atoms with Crippen molar-refractivity contribution < 1.29 is 35.8 Å². The molecule has 3 N–H and O–H groups in total. The van der Waals surface area contributed by atoms with Gasteiger partial charge in [-0.2, -0.15) is 31.4 Å². The third-order valence-electron chi connectivity index (χ3n) is 7.66. The lowest BCUT2D eigenvalue weighted by Gasteiger charge is -2.45. The number of hydrogen-bond donors (Lipinski definition) is 3. The zero-order valence-electron chi connectivity index (χ0n) is 23.7. The molecule has 3 atom stereocenters. The van der Waals surface area contributed by atoms with Crippen molar-refractivity contribution in [2.75, 3.05) is 16.8 Å². The van der Waals surface area contributed by atoms with Gasteiger partial charge in [0.25, 0.3) is 11.1 Å². The quantitative estimate of drug-likeness (QED) is 0.239. The fraction of sp³-hybridized carbons (Fsp3) is 0.393. The number of rotatable bonds is 8. The Morgan fingerprint density at radius 3 is 2.51 bits per heavy atom. The molecular weight excluding hydrogens is 615 g/mol. The molecule has 0 saturated carbocycles. The van der Waals surface area contributed by atoms with Crippen molar-refractivity contribution in [1.82, 2.24) is 24.7 Å². The van der Waals surface area contributed by atoms with Crippen LogP contribution in [0.25, 0.3) is 22.2 Å². The number of halogens is 7. The van der Waals surface area contributed by atoms with Crippen molar-refractivity contribution in [3.63, 3.8) is 0 Å². The van der Waals surface area contributed by atoms with Crippen molar-refractivity contribution in [3.8, 4) is 11.4 Å². The number of β-amino-alcohol motifs (C(OH)–C–C–N with tert-alkyl or cyclic N) is 1. The van der Waals surface area contributed by atoms with E-state index < -0.39 is 70.1 Å². The van der Waals surface area contributed by atoms with Crippen LogP contribution < -0.4 is 21.3 Å². The summed E-state index contributed by atoms with van der Waals surface area (Å²) < 4.78 is 97.5. The molecule has 1 fully saturated rings. The Kier molecular flexibility index (Phi) is 8.33. The maximum Gasteiger partial charge on any atom is 0.423 e. The van der Waals surface area contributed by atoms with Crippen molar-refractivity contribution in [3.05, 3.63) is 74.4 Å². The first-order valence-electron chi connectivity index (χ1n) is 13.7. The molecule has 10 nitrogen and oxygen atoms in total. The first kappa shape index (κ1) is 31.9. The minimum Gasteiger partial charge on any atom is -0.389 e. The van der Waals surface area contributed by atoms with E-state index in [-0.39, 0.29) is 35.2 Å². The normalized spacial score (nSPS) is 17.8. The van der Waals surface area contributed by atoms with E-state index in [0.29, 0.717) is 19.0 Å². The monoisotopic (exact) mass is 641 g/mol. The molecule has 4 aromatic rings. The van der Waals surface area contributed by atoms with Crippen LogP contribution in [-0.4, -0.2) is 54.6 Å². The van der Waals surface area contributed by atoms with Gasteiger partial charge in [0.05, 0.1) is 35.0 Å². The molecule has 4 heterocycles. The van der Waals surface area contributed by atoms with E-state index in [0.717, 1.165) is 12.3 Å². The second-order valence-corrected chi connectivity index (χ2v) is 10.8. The Hall–Kier alpha value is -4.54. The van der Waals surface area contributed by atoms with Gasteiger partial charge in [-0.05, 0) is 50.3 Å². The highest BCUT2D eigenvalue weighted by atomic mass is 19.4. The third kappa shape index (κ3) is 6.34. The molecule has 5 rings (SSSR count). The summed E-state index contributed by atoms with van der Waals surface area (Å²) in [5.74, 6) is -1.76. The minimum atomic E-state index is -4.90. The molecule has 45 heavy (non-hydrogen) atoms. The van der Waals surface area contributed by atoms with E-state index in [1.807, 2.05) is 0 Å². The molecule has 1 unspecified atom stereocenters. The standard InChI is InChI=1S/C28H26F7N7O3/c1-13(38-20-11-37-40-25(44)22(20)28(33,34)35)4-3-6-41-7-5-15-8-17(19(29)9-16(15)26(41)45)23-36-10-18(27(30,31)32)24(39-23)42-12-21(43)14(42)2/h5,7-11,13-14,21,43H,3-4,6,12H2,1-2H3,(H2,38,40,44)/t13?,14-,21+/m0/s1. The van der Waals surface area contributed by atoms with E-state index in [9.17, 15) is 41.0 Å². The second-order valence-electron chi connectivity index (χ2n) is 10.8. The number of H-pyrrole nitrogens is 1. The number of benzene rings is 1. The first-order valence-corrected chi connectivity index (χ1v) is 13.7. The summed E-state index contributed by atoms with van der Waals surface area (Å²) >= 11 is 0. The number of aromatic nitrogens is 5. The van der Waals surface area contributed by atoms with Gasteiger partial charge >= 0.3 is 12.4 Å². The fourth-order valence-corrected chi connectivity index (χ4v) is 5.14. The van der Waals surface area contributed by atoms with Crippen LogP contribution in [-0.2, 0) is 18.9 Å². The summed E-state index contributed by atoms with van der Waals surface area (Å²) in [6.07, 6.45) is -7.06. The van der Waals surface area contributed by atoms with Gasteiger partial charge in [-0.3, -0.25) is 9.59 Å². The number of anilines is 2. The molecule has 17 heteroatoms. The topological polar surface area (TPSA) is 129 Å². The number of pyridine rings is 1. The highest BCUT2D eigenvalue weighted by Crippen LogP contribution is 2.39. The van der Waals surface area contributed by atoms with E-state index in [2.05, 4.69) is 20.4 Å². The Balaban J connectivity index is 1.35. The molecule has 3 aromatic heterocycles. The highest BCUT2D eigenvalue weighted by molar-refractivity contribution is 5.86. The summed E-state index contributed by atoms with van der Waals surface area (Å²) in [7, 11) is 0. The lowest BCUT2D eigenvalue weighted by Crippen LogP contribution is -2.59. The zero-order valence-corrected chi connectivity index (χ0v) is 23.7. The van der Waals surface area contributed by atoms with Crippen LogP contribution in [0.3, 0.4) is 0 Å². The number of aromatic amines is 1. The number of aryl methyl sites for hydroxylation is 1. The lowest BCUT2D eigenvalue weighted by molar-refractivity contribution is -0.138. The first-order chi connectivity index (χ1) is 21.1. The van der Waals surface area contributed by atoms with Crippen molar-refractivity contribution >= 4 is 22.3 Å². The predicted molar refractivity (Wildman–Crippen MR) is 149 cm³/mol. The molecule has 240 valence electrons. The summed E-state index contributed by atoms with van der Waals surface area (Å²) in [4.78, 5) is 33.8. The molecule has 1 aromatic carbocycles. The van der Waals surface area contributed by atoms with Gasteiger partial charge in [-0.15, -0.1) is 0 Å². The molecule has 0 aliphatic carbocycles. The van der Waals surface area contributed by atoms with Gasteiger partial charge in [-0.1, -0.05) is 0 Å². The van der Waals surface area contributed by atoms with E-state index in [4.69, 9.17) is 0 Å². The van der Waals surface area contributed by atoms with Crippen molar-refractivity contribution in [1.29, 1.82) is 0 Å². The molecule has 1 saturated heterocycles. The summed E-state index contributed by atoms with van der Waals surface area (Å²) in [6.45, 7) is 3.17. The number of alkyl halides is 6. The molecule has 0 bridgehead atoms. The third-order valence-corrected chi connectivity index (χ3v) is 7.66. The average Bonchev–Trinajstić information content (AvgIpc) is 2.95. The van der Waals surface area contributed by atoms with Gasteiger partial charge in [-0.25, -0.2) is 19.5 Å². The minimum absolute atomic E-state index is 0.0130. The Labute approximate surface area is 249 Å². The predicted octanol–water partition coefficient (Wildman–Crippen LogP) is 4.57. The SMILES string of the molecule is CC(CCCn1ccc2cc(-c3ncc(C(F)(F)F)c(N4C[C@@H](O)[C@@H]4C)n3)c(F)cc2c1=O)Nc1cn[nH]c(=O)c1C(F)(F)F. The fourth-order valence-electron chi connectivity index (χ4n) is 5.14. The smallest absolute Gasteiger partial charge is 0.389 e. The number of hydrogen-bond acceptors (Lipinski definition) is 8. The van der Waals surface area contributed by atoms with Crippen LogP contribution in [0.1, 0.15) is 37.8 Å². The number of fused-ring (bicyclic) bond motifs is 1. The van der Waals surface area contributed by atoms with Gasteiger partial charge in [0, 0.05) is 31.5 Å². The number of aliphatic hydroxyl groups excluding tert-OH is 1.